The summed E-state index contributed by atoms with van der Waals surface area (Å²) < 4.78 is 0. The van der Waals surface area contributed by atoms with Gasteiger partial charge in [-0.25, -0.2) is 0 Å². The lowest BCUT2D eigenvalue weighted by molar-refractivity contribution is -0.136. The van der Waals surface area contributed by atoms with E-state index in [9.17, 15) is 9.59 Å². The average Bonchev–Trinajstić information content (AvgIpc) is 2.27. The highest BCUT2D eigenvalue weighted by Crippen LogP contribution is 2.13. The Balaban J connectivity index is 4.45. The van der Waals surface area contributed by atoms with Crippen LogP contribution in [0.2, 0.25) is 0 Å². The standard InChI is InChI=1S/C12H25N3O2/c1-8(2)10(6-13)12(17)15(5)7-9(3)11(16)14-4/h8-10H,6-7,13H2,1-5H3,(H,14,16). The number of nitrogens with zero attached hydrogens (tertiary/aromatic N) is 1. The van der Waals surface area contributed by atoms with Gasteiger partial charge in [0.2, 0.25) is 11.8 Å². The molecule has 0 aliphatic heterocycles. The molecule has 0 bridgehead atoms. The largest absolute Gasteiger partial charge is 0.359 e. The second kappa shape index (κ2) is 7.27. The van der Waals surface area contributed by atoms with Gasteiger partial charge in [0.05, 0.1) is 11.8 Å². The molecule has 0 aromatic rings. The molecule has 0 saturated heterocycles. The van der Waals surface area contributed by atoms with Gasteiger partial charge in [-0.2, -0.15) is 0 Å². The summed E-state index contributed by atoms with van der Waals surface area (Å²) >= 11 is 0. The first kappa shape index (κ1) is 15.9. The summed E-state index contributed by atoms with van der Waals surface area (Å²) in [5.74, 6) is -0.210. The van der Waals surface area contributed by atoms with E-state index in [-0.39, 0.29) is 29.6 Å². The van der Waals surface area contributed by atoms with Gasteiger partial charge < -0.3 is 16.0 Å². The quantitative estimate of drug-likeness (QED) is 0.692. The molecule has 17 heavy (non-hydrogen) atoms. The Hall–Kier alpha value is -1.10. The van der Waals surface area contributed by atoms with Crippen molar-refractivity contribution in [1.29, 1.82) is 0 Å². The van der Waals surface area contributed by atoms with Crippen molar-refractivity contribution < 1.29 is 9.59 Å². The molecule has 2 amide bonds. The molecular formula is C12H25N3O2. The number of hydrogen-bond donors (Lipinski definition) is 2. The zero-order valence-electron chi connectivity index (χ0n) is 11.5. The van der Waals surface area contributed by atoms with Crippen LogP contribution in [-0.4, -0.2) is 43.9 Å². The molecule has 0 spiro atoms. The maximum atomic E-state index is 12.1. The highest BCUT2D eigenvalue weighted by atomic mass is 16.2. The summed E-state index contributed by atoms with van der Waals surface area (Å²) in [6, 6.07) is 0. The van der Waals surface area contributed by atoms with Crippen molar-refractivity contribution in [3.05, 3.63) is 0 Å². The highest BCUT2D eigenvalue weighted by molar-refractivity contribution is 5.81. The zero-order chi connectivity index (χ0) is 13.6. The number of rotatable bonds is 6. The van der Waals surface area contributed by atoms with Crippen molar-refractivity contribution in [2.45, 2.75) is 20.8 Å². The molecule has 0 heterocycles. The second-order valence-corrected chi connectivity index (χ2v) is 4.82. The van der Waals surface area contributed by atoms with Crippen LogP contribution in [0.5, 0.6) is 0 Å². The van der Waals surface area contributed by atoms with E-state index >= 15 is 0 Å². The Morgan fingerprint density at radius 2 is 1.82 bits per heavy atom. The summed E-state index contributed by atoms with van der Waals surface area (Å²) in [5, 5.41) is 2.57. The smallest absolute Gasteiger partial charge is 0.226 e. The lowest BCUT2D eigenvalue weighted by Crippen LogP contribution is -2.43. The van der Waals surface area contributed by atoms with Gasteiger partial charge in [-0.05, 0) is 5.92 Å². The molecule has 0 fully saturated rings. The van der Waals surface area contributed by atoms with Crippen molar-refractivity contribution in [1.82, 2.24) is 10.2 Å². The normalized spacial score (nSPS) is 14.3. The summed E-state index contributed by atoms with van der Waals surface area (Å²) in [4.78, 5) is 25.0. The van der Waals surface area contributed by atoms with E-state index in [0.717, 1.165) is 0 Å². The average molecular weight is 243 g/mol. The van der Waals surface area contributed by atoms with E-state index in [1.54, 1.807) is 25.9 Å². The zero-order valence-corrected chi connectivity index (χ0v) is 11.5. The minimum atomic E-state index is -0.209. The molecule has 2 unspecified atom stereocenters. The van der Waals surface area contributed by atoms with Gasteiger partial charge in [0.25, 0.3) is 0 Å². The Bertz CT molecular complexity index is 266. The number of carbonyl (C=O) groups is 2. The maximum Gasteiger partial charge on any atom is 0.226 e. The van der Waals surface area contributed by atoms with Crippen LogP contribution in [0.3, 0.4) is 0 Å². The van der Waals surface area contributed by atoms with Gasteiger partial charge in [-0.1, -0.05) is 20.8 Å². The van der Waals surface area contributed by atoms with Crippen LogP contribution in [-0.2, 0) is 9.59 Å². The fourth-order valence-corrected chi connectivity index (χ4v) is 1.77. The third kappa shape index (κ3) is 4.73. The van der Waals surface area contributed by atoms with E-state index in [1.165, 1.54) is 0 Å². The van der Waals surface area contributed by atoms with Crippen molar-refractivity contribution in [2.75, 3.05) is 27.2 Å². The first-order valence-corrected chi connectivity index (χ1v) is 6.01. The summed E-state index contributed by atoms with van der Waals surface area (Å²) in [6.45, 7) is 6.52. The van der Waals surface area contributed by atoms with Gasteiger partial charge in [0.15, 0.2) is 0 Å². The third-order valence-corrected chi connectivity index (χ3v) is 2.99. The van der Waals surface area contributed by atoms with Crippen molar-refractivity contribution in [3.63, 3.8) is 0 Å². The Morgan fingerprint density at radius 1 is 1.29 bits per heavy atom. The van der Waals surface area contributed by atoms with Gasteiger partial charge in [-0.15, -0.1) is 0 Å². The van der Waals surface area contributed by atoms with Gasteiger partial charge in [0.1, 0.15) is 0 Å². The molecule has 100 valence electrons. The molecule has 2 atom stereocenters. The molecule has 5 heteroatoms. The number of hydrogen-bond acceptors (Lipinski definition) is 3. The van der Waals surface area contributed by atoms with Crippen LogP contribution in [0.25, 0.3) is 0 Å². The Labute approximate surface area is 104 Å². The fraction of sp³-hybridized carbons (Fsp3) is 0.833. The van der Waals surface area contributed by atoms with Crippen LogP contribution >= 0.6 is 0 Å². The van der Waals surface area contributed by atoms with E-state index in [1.807, 2.05) is 13.8 Å². The Morgan fingerprint density at radius 3 is 2.18 bits per heavy atom. The molecule has 0 aliphatic rings. The highest BCUT2D eigenvalue weighted by Gasteiger charge is 2.25. The SMILES string of the molecule is CNC(=O)C(C)CN(C)C(=O)C(CN)C(C)C. The van der Waals surface area contributed by atoms with E-state index in [2.05, 4.69) is 5.32 Å². The number of nitrogens with two attached hydrogens (primary N) is 1. The van der Waals surface area contributed by atoms with Gasteiger partial charge >= 0.3 is 0 Å². The number of amides is 2. The van der Waals surface area contributed by atoms with E-state index in [4.69, 9.17) is 5.73 Å². The van der Waals surface area contributed by atoms with Crippen LogP contribution in [0.15, 0.2) is 0 Å². The first-order valence-electron chi connectivity index (χ1n) is 6.01. The molecule has 0 aliphatic carbocycles. The van der Waals surface area contributed by atoms with Gasteiger partial charge in [0, 0.05) is 27.2 Å². The first-order chi connectivity index (χ1) is 7.84. The number of nitrogens with one attached hydrogen (secondary N) is 1. The molecule has 3 N–H and O–H groups in total. The van der Waals surface area contributed by atoms with Crippen molar-refractivity contribution >= 4 is 11.8 Å². The van der Waals surface area contributed by atoms with Crippen molar-refractivity contribution in [3.8, 4) is 0 Å². The summed E-state index contributed by atoms with van der Waals surface area (Å²) in [7, 11) is 3.31. The molecule has 0 aromatic carbocycles. The molecule has 0 saturated carbocycles. The summed E-state index contributed by atoms with van der Waals surface area (Å²) in [6.07, 6.45) is 0. The second-order valence-electron chi connectivity index (χ2n) is 4.82. The molecule has 5 nitrogen and oxygen atoms in total. The fourth-order valence-electron chi connectivity index (χ4n) is 1.77. The molecular weight excluding hydrogens is 218 g/mol. The third-order valence-electron chi connectivity index (χ3n) is 2.99. The van der Waals surface area contributed by atoms with Crippen molar-refractivity contribution in [2.24, 2.45) is 23.5 Å². The topological polar surface area (TPSA) is 75.4 Å². The lowest BCUT2D eigenvalue weighted by atomic mass is 9.94. The monoisotopic (exact) mass is 243 g/mol. The van der Waals surface area contributed by atoms with Gasteiger partial charge in [-0.3, -0.25) is 9.59 Å². The molecule has 0 rings (SSSR count). The minimum absolute atomic E-state index is 0.0123. The van der Waals surface area contributed by atoms with Crippen LogP contribution in [0.1, 0.15) is 20.8 Å². The minimum Gasteiger partial charge on any atom is -0.359 e. The number of carbonyl (C=O) groups excluding carboxylic acids is 2. The lowest BCUT2D eigenvalue weighted by Gasteiger charge is -2.27. The van der Waals surface area contributed by atoms with E-state index in [0.29, 0.717) is 13.1 Å². The summed E-state index contributed by atoms with van der Waals surface area (Å²) in [5.41, 5.74) is 5.60. The predicted octanol–water partition coefficient (Wildman–Crippen LogP) is 0.0578. The van der Waals surface area contributed by atoms with Crippen LogP contribution < -0.4 is 11.1 Å². The van der Waals surface area contributed by atoms with Crippen LogP contribution in [0.4, 0.5) is 0 Å². The molecule has 0 radical (unpaired) electrons. The Kier molecular flexibility index (Phi) is 6.80. The van der Waals surface area contributed by atoms with E-state index < -0.39 is 0 Å². The predicted molar refractivity (Wildman–Crippen MR) is 68.3 cm³/mol. The van der Waals surface area contributed by atoms with Crippen LogP contribution in [0, 0.1) is 17.8 Å². The molecule has 0 aromatic heterocycles. The maximum absolute atomic E-state index is 12.1.